The number of carboxylic acid groups (broad SMARTS) is 1. The smallest absolute Gasteiger partial charge is 0.340 e. The summed E-state index contributed by atoms with van der Waals surface area (Å²) in [7, 11) is 0. The molecule has 0 amide bonds. The van der Waals surface area contributed by atoms with Gasteiger partial charge in [-0.2, -0.15) is 0 Å². The summed E-state index contributed by atoms with van der Waals surface area (Å²) in [6.07, 6.45) is 5.81. The molecule has 0 unspecified atom stereocenters. The van der Waals surface area contributed by atoms with E-state index >= 15 is 0 Å². The fraction of sp³-hybridized carbons (Fsp3) is 0.0714. The van der Waals surface area contributed by atoms with Gasteiger partial charge in [0.2, 0.25) is 0 Å². The number of carboxylic acids is 1. The standard InChI is InChI=1S/C14H12N4O3/c1-9(19)11(14(20)21)8-17-12-4-7-16-13(18-12)10-2-5-15-6-3-10/h2-8,19H,1H3,(H,20,21). The van der Waals surface area contributed by atoms with Crippen molar-refractivity contribution in [2.45, 2.75) is 6.92 Å². The predicted molar refractivity (Wildman–Crippen MR) is 76.4 cm³/mol. The van der Waals surface area contributed by atoms with E-state index in [9.17, 15) is 9.90 Å². The molecule has 0 bridgehead atoms. The van der Waals surface area contributed by atoms with Gasteiger partial charge in [0.1, 0.15) is 11.3 Å². The van der Waals surface area contributed by atoms with E-state index in [-0.39, 0.29) is 17.2 Å². The molecular weight excluding hydrogens is 272 g/mol. The molecule has 2 heterocycles. The number of allylic oxidation sites excluding steroid dienone is 1. The van der Waals surface area contributed by atoms with Gasteiger partial charge in [0.15, 0.2) is 11.6 Å². The Hall–Kier alpha value is -3.09. The number of aliphatic imine (C=N–C) groups is 1. The van der Waals surface area contributed by atoms with Crippen LogP contribution in [0.4, 0.5) is 5.82 Å². The number of nitrogens with zero attached hydrogens (tertiary/aromatic N) is 4. The van der Waals surface area contributed by atoms with E-state index in [0.29, 0.717) is 5.82 Å². The van der Waals surface area contributed by atoms with E-state index in [0.717, 1.165) is 11.8 Å². The number of pyridine rings is 1. The van der Waals surface area contributed by atoms with Crippen LogP contribution >= 0.6 is 0 Å². The molecule has 2 aromatic heterocycles. The summed E-state index contributed by atoms with van der Waals surface area (Å²) >= 11 is 0. The molecule has 106 valence electrons. The lowest BCUT2D eigenvalue weighted by atomic mass is 10.2. The molecule has 0 spiro atoms. The van der Waals surface area contributed by atoms with Crippen LogP contribution in [-0.4, -0.2) is 37.3 Å². The maximum atomic E-state index is 10.9. The van der Waals surface area contributed by atoms with Crippen LogP contribution in [0.3, 0.4) is 0 Å². The Bertz CT molecular complexity index is 707. The van der Waals surface area contributed by atoms with Gasteiger partial charge in [0.25, 0.3) is 0 Å². The van der Waals surface area contributed by atoms with E-state index in [2.05, 4.69) is 19.9 Å². The lowest BCUT2D eigenvalue weighted by molar-refractivity contribution is -0.132. The highest BCUT2D eigenvalue weighted by atomic mass is 16.4. The van der Waals surface area contributed by atoms with Crippen molar-refractivity contribution < 1.29 is 15.0 Å². The number of carbonyl (C=O) groups is 1. The van der Waals surface area contributed by atoms with E-state index in [1.807, 2.05) is 0 Å². The molecule has 7 nitrogen and oxygen atoms in total. The summed E-state index contributed by atoms with van der Waals surface area (Å²) in [5, 5.41) is 18.2. The number of aliphatic hydroxyl groups excluding tert-OH is 1. The fourth-order valence-corrected chi connectivity index (χ4v) is 1.50. The fourth-order valence-electron chi connectivity index (χ4n) is 1.50. The third-order valence-electron chi connectivity index (χ3n) is 2.53. The zero-order valence-electron chi connectivity index (χ0n) is 11.1. The summed E-state index contributed by atoms with van der Waals surface area (Å²) in [5.41, 5.74) is 0.480. The molecule has 0 aliphatic rings. The molecule has 2 N–H and O–H groups in total. The minimum atomic E-state index is -1.26. The van der Waals surface area contributed by atoms with E-state index in [1.165, 1.54) is 19.2 Å². The van der Waals surface area contributed by atoms with Crippen molar-refractivity contribution >= 4 is 18.0 Å². The van der Waals surface area contributed by atoms with Crippen LogP contribution in [0, 0.1) is 0 Å². The van der Waals surface area contributed by atoms with Crippen LogP contribution in [0.1, 0.15) is 6.92 Å². The first-order valence-electron chi connectivity index (χ1n) is 5.98. The molecule has 0 aliphatic carbocycles. The van der Waals surface area contributed by atoms with Crippen molar-refractivity contribution in [3.8, 4) is 11.4 Å². The third kappa shape index (κ3) is 3.69. The molecule has 0 saturated heterocycles. The average Bonchev–Trinajstić information content (AvgIpc) is 2.48. The lowest BCUT2D eigenvalue weighted by Gasteiger charge is -2.00. The number of aliphatic hydroxyl groups is 1. The van der Waals surface area contributed by atoms with Crippen molar-refractivity contribution in [2.24, 2.45) is 4.99 Å². The van der Waals surface area contributed by atoms with Gasteiger partial charge in [-0.25, -0.2) is 19.8 Å². The minimum Gasteiger partial charge on any atom is -0.512 e. The van der Waals surface area contributed by atoms with Crippen LogP contribution in [0.5, 0.6) is 0 Å². The Morgan fingerprint density at radius 1 is 1.19 bits per heavy atom. The quantitative estimate of drug-likeness (QED) is 0.506. The van der Waals surface area contributed by atoms with Gasteiger partial charge in [0.05, 0.1) is 0 Å². The summed E-state index contributed by atoms with van der Waals surface area (Å²) in [4.78, 5) is 27.1. The Labute approximate surface area is 120 Å². The number of aromatic nitrogens is 3. The van der Waals surface area contributed by atoms with E-state index < -0.39 is 5.97 Å². The minimum absolute atomic E-state index is 0.289. The summed E-state index contributed by atoms with van der Waals surface area (Å²) in [5.74, 6) is -0.845. The maximum Gasteiger partial charge on any atom is 0.340 e. The molecule has 2 rings (SSSR count). The largest absolute Gasteiger partial charge is 0.512 e. The number of aliphatic carboxylic acids is 1. The first-order valence-corrected chi connectivity index (χ1v) is 5.98. The van der Waals surface area contributed by atoms with Crippen LogP contribution in [-0.2, 0) is 4.79 Å². The molecule has 0 radical (unpaired) electrons. The molecule has 2 aromatic rings. The number of hydrogen-bond acceptors (Lipinski definition) is 6. The van der Waals surface area contributed by atoms with Crippen LogP contribution < -0.4 is 0 Å². The molecule has 0 aromatic carbocycles. The Balaban J connectivity index is 2.31. The van der Waals surface area contributed by atoms with Crippen LogP contribution in [0.2, 0.25) is 0 Å². The first-order chi connectivity index (χ1) is 10.1. The Morgan fingerprint density at radius 3 is 2.52 bits per heavy atom. The molecule has 0 saturated carbocycles. The molecular formula is C14H12N4O3. The van der Waals surface area contributed by atoms with Gasteiger partial charge in [-0.1, -0.05) is 0 Å². The highest BCUT2D eigenvalue weighted by Gasteiger charge is 2.08. The van der Waals surface area contributed by atoms with Crippen molar-refractivity contribution in [2.75, 3.05) is 0 Å². The summed E-state index contributed by atoms with van der Waals surface area (Å²) in [6, 6.07) is 5.04. The SMILES string of the molecule is CC(O)=C(C=Nc1ccnc(-c2ccncc2)n1)C(=O)O. The highest BCUT2D eigenvalue weighted by molar-refractivity contribution is 6.09. The van der Waals surface area contributed by atoms with Crippen LogP contribution in [0.25, 0.3) is 11.4 Å². The van der Waals surface area contributed by atoms with Gasteiger partial charge in [-0.05, 0) is 19.1 Å². The zero-order valence-corrected chi connectivity index (χ0v) is 11.1. The van der Waals surface area contributed by atoms with Gasteiger partial charge < -0.3 is 10.2 Å². The second-order valence-electron chi connectivity index (χ2n) is 4.04. The zero-order chi connectivity index (χ0) is 15.2. The Kier molecular flexibility index (Phi) is 4.35. The molecule has 0 atom stereocenters. The second kappa shape index (κ2) is 6.38. The number of rotatable bonds is 4. The van der Waals surface area contributed by atoms with Gasteiger partial charge in [0, 0.05) is 36.4 Å². The summed E-state index contributed by atoms with van der Waals surface area (Å²) < 4.78 is 0. The van der Waals surface area contributed by atoms with Crippen molar-refractivity contribution in [3.05, 3.63) is 48.1 Å². The normalized spacial score (nSPS) is 12.2. The van der Waals surface area contributed by atoms with Gasteiger partial charge in [-0.15, -0.1) is 0 Å². The maximum absolute atomic E-state index is 10.9. The molecule has 0 aliphatic heterocycles. The topological polar surface area (TPSA) is 109 Å². The molecule has 0 fully saturated rings. The van der Waals surface area contributed by atoms with Crippen molar-refractivity contribution in [3.63, 3.8) is 0 Å². The highest BCUT2D eigenvalue weighted by Crippen LogP contribution is 2.16. The van der Waals surface area contributed by atoms with Crippen LogP contribution in [0.15, 0.2) is 53.1 Å². The monoisotopic (exact) mass is 284 g/mol. The van der Waals surface area contributed by atoms with Crippen molar-refractivity contribution in [1.82, 2.24) is 15.0 Å². The van der Waals surface area contributed by atoms with Gasteiger partial charge in [-0.3, -0.25) is 4.98 Å². The molecule has 21 heavy (non-hydrogen) atoms. The summed E-state index contributed by atoms with van der Waals surface area (Å²) in [6.45, 7) is 1.28. The number of hydrogen-bond donors (Lipinski definition) is 2. The second-order valence-corrected chi connectivity index (χ2v) is 4.04. The average molecular weight is 284 g/mol. The Morgan fingerprint density at radius 2 is 1.90 bits per heavy atom. The third-order valence-corrected chi connectivity index (χ3v) is 2.53. The molecule has 7 heteroatoms. The first kappa shape index (κ1) is 14.3. The predicted octanol–water partition coefficient (Wildman–Crippen LogP) is 2.16. The van der Waals surface area contributed by atoms with Crippen molar-refractivity contribution in [1.29, 1.82) is 0 Å². The lowest BCUT2D eigenvalue weighted by Crippen LogP contribution is -2.04. The van der Waals surface area contributed by atoms with E-state index in [4.69, 9.17) is 5.11 Å². The van der Waals surface area contributed by atoms with E-state index in [1.54, 1.807) is 24.5 Å². The van der Waals surface area contributed by atoms with Gasteiger partial charge >= 0.3 is 5.97 Å².